The molecule has 0 radical (unpaired) electrons. The largest absolute Gasteiger partial charge is 0.444 e. The van der Waals surface area contributed by atoms with Gasteiger partial charge < -0.3 is 15.4 Å². The van der Waals surface area contributed by atoms with E-state index in [1.807, 2.05) is 20.8 Å². The summed E-state index contributed by atoms with van der Waals surface area (Å²) in [5.74, 6) is 0.828. The van der Waals surface area contributed by atoms with Crippen LogP contribution in [0.5, 0.6) is 0 Å². The fourth-order valence-corrected chi connectivity index (χ4v) is 2.21. The van der Waals surface area contributed by atoms with Crippen LogP contribution >= 0.6 is 0 Å². The lowest BCUT2D eigenvalue weighted by Crippen LogP contribution is -2.42. The second kappa shape index (κ2) is 6.98. The molecule has 0 aliphatic heterocycles. The summed E-state index contributed by atoms with van der Waals surface area (Å²) in [6.45, 7) is 9.38. The lowest BCUT2D eigenvalue weighted by atomic mass is 10.1. The fourth-order valence-electron chi connectivity index (χ4n) is 2.21. The van der Waals surface area contributed by atoms with Crippen molar-refractivity contribution in [2.24, 2.45) is 5.92 Å². The Morgan fingerprint density at radius 2 is 1.94 bits per heavy atom. The standard InChI is InChI=1S/C14H28N2O2/c1-11(15-10-12-7-5-6-8-12)9-16-13(17)18-14(2,3)4/h11-12,15H,5-10H2,1-4H3,(H,16,17). The number of rotatable bonds is 5. The first-order valence-corrected chi connectivity index (χ1v) is 7.07. The van der Waals surface area contributed by atoms with Gasteiger partial charge in [-0.15, -0.1) is 0 Å². The highest BCUT2D eigenvalue weighted by Gasteiger charge is 2.17. The average Bonchev–Trinajstić information content (AvgIpc) is 2.74. The van der Waals surface area contributed by atoms with Crippen LogP contribution in [0.25, 0.3) is 0 Å². The first kappa shape index (κ1) is 15.3. The molecular formula is C14H28N2O2. The molecule has 1 saturated carbocycles. The van der Waals surface area contributed by atoms with Crippen molar-refractivity contribution in [1.29, 1.82) is 0 Å². The Kier molecular flexibility index (Phi) is 5.93. The zero-order valence-corrected chi connectivity index (χ0v) is 12.2. The van der Waals surface area contributed by atoms with Gasteiger partial charge in [0.25, 0.3) is 0 Å². The summed E-state index contributed by atoms with van der Waals surface area (Å²) < 4.78 is 5.19. The molecule has 1 atom stereocenters. The van der Waals surface area contributed by atoms with Gasteiger partial charge in [0, 0.05) is 12.6 Å². The van der Waals surface area contributed by atoms with E-state index in [0.717, 1.165) is 12.5 Å². The fraction of sp³-hybridized carbons (Fsp3) is 0.929. The number of amides is 1. The van der Waals surface area contributed by atoms with Crippen LogP contribution in [0, 0.1) is 5.92 Å². The van der Waals surface area contributed by atoms with Crippen LogP contribution in [0.3, 0.4) is 0 Å². The minimum Gasteiger partial charge on any atom is -0.444 e. The Hall–Kier alpha value is -0.770. The number of carbonyl (C=O) groups excluding carboxylic acids is 1. The van der Waals surface area contributed by atoms with E-state index in [4.69, 9.17) is 4.74 Å². The third-order valence-electron chi connectivity index (χ3n) is 3.18. The zero-order valence-electron chi connectivity index (χ0n) is 12.2. The molecule has 0 bridgehead atoms. The SMILES string of the molecule is CC(CNC(=O)OC(C)(C)C)NCC1CCCC1. The molecule has 1 amide bonds. The molecule has 4 nitrogen and oxygen atoms in total. The third kappa shape index (κ3) is 6.84. The van der Waals surface area contributed by atoms with Crippen molar-refractivity contribution in [2.75, 3.05) is 13.1 Å². The predicted molar refractivity (Wildman–Crippen MR) is 73.7 cm³/mol. The van der Waals surface area contributed by atoms with Crippen LogP contribution in [-0.4, -0.2) is 30.8 Å². The monoisotopic (exact) mass is 256 g/mol. The normalized spacial score (nSPS) is 18.7. The summed E-state index contributed by atoms with van der Waals surface area (Å²) in [5, 5.41) is 6.26. The number of hydrogen-bond donors (Lipinski definition) is 2. The minimum absolute atomic E-state index is 0.290. The van der Waals surface area contributed by atoms with Crippen molar-refractivity contribution in [3.8, 4) is 0 Å². The molecule has 1 rings (SSSR count). The molecule has 1 aliphatic carbocycles. The van der Waals surface area contributed by atoms with E-state index >= 15 is 0 Å². The van der Waals surface area contributed by atoms with Gasteiger partial charge >= 0.3 is 6.09 Å². The van der Waals surface area contributed by atoms with Crippen LogP contribution in [-0.2, 0) is 4.74 Å². The van der Waals surface area contributed by atoms with Crippen molar-refractivity contribution in [3.63, 3.8) is 0 Å². The second-order valence-electron chi connectivity index (χ2n) is 6.34. The molecule has 1 aliphatic rings. The van der Waals surface area contributed by atoms with Gasteiger partial charge in [-0.3, -0.25) is 0 Å². The molecule has 0 aromatic rings. The maximum absolute atomic E-state index is 11.5. The van der Waals surface area contributed by atoms with E-state index in [2.05, 4.69) is 17.6 Å². The topological polar surface area (TPSA) is 50.4 Å². The molecule has 0 heterocycles. The van der Waals surface area contributed by atoms with E-state index < -0.39 is 5.60 Å². The lowest BCUT2D eigenvalue weighted by Gasteiger charge is -2.21. The minimum atomic E-state index is -0.426. The summed E-state index contributed by atoms with van der Waals surface area (Å²) in [5.41, 5.74) is -0.426. The molecule has 1 fully saturated rings. The quantitative estimate of drug-likeness (QED) is 0.795. The summed E-state index contributed by atoms with van der Waals surface area (Å²) in [4.78, 5) is 11.5. The van der Waals surface area contributed by atoms with Gasteiger partial charge in [0.2, 0.25) is 0 Å². The van der Waals surface area contributed by atoms with E-state index in [-0.39, 0.29) is 12.1 Å². The summed E-state index contributed by atoms with van der Waals surface area (Å²) in [7, 11) is 0. The Morgan fingerprint density at radius 1 is 1.33 bits per heavy atom. The van der Waals surface area contributed by atoms with Gasteiger partial charge in [0.15, 0.2) is 0 Å². The Balaban J connectivity index is 2.08. The lowest BCUT2D eigenvalue weighted by molar-refractivity contribution is 0.0523. The molecule has 0 spiro atoms. The number of alkyl carbamates (subject to hydrolysis) is 1. The maximum Gasteiger partial charge on any atom is 0.407 e. The molecule has 1 unspecified atom stereocenters. The number of hydrogen-bond acceptors (Lipinski definition) is 3. The van der Waals surface area contributed by atoms with Gasteiger partial charge in [-0.1, -0.05) is 12.8 Å². The van der Waals surface area contributed by atoms with E-state index in [1.165, 1.54) is 25.7 Å². The Morgan fingerprint density at radius 3 is 2.50 bits per heavy atom. The van der Waals surface area contributed by atoms with Gasteiger partial charge in [0.05, 0.1) is 0 Å². The highest BCUT2D eigenvalue weighted by Crippen LogP contribution is 2.23. The molecule has 106 valence electrons. The summed E-state index contributed by atoms with van der Waals surface area (Å²) in [6.07, 6.45) is 5.10. The summed E-state index contributed by atoms with van der Waals surface area (Å²) in [6, 6.07) is 0.290. The molecule has 0 aromatic heterocycles. The van der Waals surface area contributed by atoms with Crippen molar-refractivity contribution in [2.45, 2.75) is 65.0 Å². The van der Waals surface area contributed by atoms with Crippen molar-refractivity contribution >= 4 is 6.09 Å². The Labute approximate surface area is 111 Å². The molecule has 2 N–H and O–H groups in total. The molecule has 0 saturated heterocycles. The molecule has 0 aromatic carbocycles. The van der Waals surface area contributed by atoms with Crippen LogP contribution in [0.15, 0.2) is 0 Å². The van der Waals surface area contributed by atoms with Crippen LogP contribution in [0.2, 0.25) is 0 Å². The number of nitrogens with one attached hydrogen (secondary N) is 2. The van der Waals surface area contributed by atoms with Crippen molar-refractivity contribution < 1.29 is 9.53 Å². The smallest absolute Gasteiger partial charge is 0.407 e. The van der Waals surface area contributed by atoms with Crippen LogP contribution in [0.4, 0.5) is 4.79 Å². The Bertz CT molecular complexity index is 255. The van der Waals surface area contributed by atoms with Crippen molar-refractivity contribution in [1.82, 2.24) is 10.6 Å². The van der Waals surface area contributed by atoms with Gasteiger partial charge in [0.1, 0.15) is 5.60 Å². The highest BCUT2D eigenvalue weighted by atomic mass is 16.6. The maximum atomic E-state index is 11.5. The molecular weight excluding hydrogens is 228 g/mol. The number of ether oxygens (including phenoxy) is 1. The molecule has 4 heteroatoms. The van der Waals surface area contributed by atoms with Gasteiger partial charge in [-0.05, 0) is 53.0 Å². The third-order valence-corrected chi connectivity index (χ3v) is 3.18. The summed E-state index contributed by atoms with van der Waals surface area (Å²) >= 11 is 0. The molecule has 18 heavy (non-hydrogen) atoms. The zero-order chi connectivity index (χ0) is 13.6. The first-order chi connectivity index (χ1) is 8.37. The van der Waals surface area contributed by atoms with Gasteiger partial charge in [-0.25, -0.2) is 4.79 Å². The second-order valence-corrected chi connectivity index (χ2v) is 6.34. The highest BCUT2D eigenvalue weighted by molar-refractivity contribution is 5.67. The van der Waals surface area contributed by atoms with E-state index in [0.29, 0.717) is 6.54 Å². The number of carbonyl (C=O) groups is 1. The van der Waals surface area contributed by atoms with E-state index in [9.17, 15) is 4.79 Å². The first-order valence-electron chi connectivity index (χ1n) is 7.07. The predicted octanol–water partition coefficient (Wildman–Crippen LogP) is 2.68. The van der Waals surface area contributed by atoms with E-state index in [1.54, 1.807) is 0 Å². The van der Waals surface area contributed by atoms with Gasteiger partial charge in [-0.2, -0.15) is 0 Å². The van der Waals surface area contributed by atoms with Crippen molar-refractivity contribution in [3.05, 3.63) is 0 Å². The van der Waals surface area contributed by atoms with Crippen LogP contribution in [0.1, 0.15) is 53.4 Å². The average molecular weight is 256 g/mol. The van der Waals surface area contributed by atoms with Crippen LogP contribution < -0.4 is 10.6 Å².